The van der Waals surface area contributed by atoms with Crippen LogP contribution in [0.2, 0.25) is 5.02 Å². The molecule has 0 aliphatic heterocycles. The highest BCUT2D eigenvalue weighted by atomic mass is 35.5. The summed E-state index contributed by atoms with van der Waals surface area (Å²) in [5.74, 6) is 0.798. The van der Waals surface area contributed by atoms with Gasteiger partial charge in [-0.15, -0.1) is 0 Å². The first kappa shape index (κ1) is 14.4. The lowest BCUT2D eigenvalue weighted by molar-refractivity contribution is 0.306. The molecule has 0 spiro atoms. The van der Waals surface area contributed by atoms with Crippen molar-refractivity contribution in [3.8, 4) is 5.75 Å². The van der Waals surface area contributed by atoms with Gasteiger partial charge in [-0.05, 0) is 42.3 Å². The van der Waals surface area contributed by atoms with Gasteiger partial charge in [0.2, 0.25) is 0 Å². The Morgan fingerprint density at radius 2 is 1.90 bits per heavy atom. The van der Waals surface area contributed by atoms with E-state index < -0.39 is 0 Å². The van der Waals surface area contributed by atoms with E-state index in [2.05, 4.69) is 5.16 Å². The quantitative estimate of drug-likeness (QED) is 0.506. The molecule has 0 saturated carbocycles. The zero-order chi connectivity index (χ0) is 14.4. The summed E-state index contributed by atoms with van der Waals surface area (Å²) in [5, 5.41) is 12.5. The fourth-order valence-corrected chi connectivity index (χ4v) is 2.04. The second kappa shape index (κ2) is 6.96. The number of benzene rings is 2. The van der Waals surface area contributed by atoms with Crippen LogP contribution in [0.25, 0.3) is 0 Å². The van der Waals surface area contributed by atoms with Gasteiger partial charge in [-0.1, -0.05) is 41.0 Å². The average Bonchev–Trinajstić information content (AvgIpc) is 2.46. The molecular formula is C16H16ClNO2. The van der Waals surface area contributed by atoms with E-state index in [1.54, 1.807) is 6.92 Å². The van der Waals surface area contributed by atoms with Crippen LogP contribution in [0, 0.1) is 0 Å². The Bertz CT molecular complexity index is 594. The number of ether oxygens (including phenoxy) is 1. The lowest BCUT2D eigenvalue weighted by Gasteiger charge is -2.07. The zero-order valence-corrected chi connectivity index (χ0v) is 12.0. The summed E-state index contributed by atoms with van der Waals surface area (Å²) < 4.78 is 5.70. The molecule has 0 unspecified atom stereocenters. The molecule has 0 heterocycles. The molecule has 2 aromatic carbocycles. The molecule has 0 fully saturated rings. The molecule has 4 heteroatoms. The van der Waals surface area contributed by atoms with Crippen molar-refractivity contribution in [2.24, 2.45) is 5.16 Å². The molecule has 3 nitrogen and oxygen atoms in total. The topological polar surface area (TPSA) is 41.8 Å². The zero-order valence-electron chi connectivity index (χ0n) is 11.2. The van der Waals surface area contributed by atoms with E-state index in [0.29, 0.717) is 23.8 Å². The maximum absolute atomic E-state index is 8.64. The van der Waals surface area contributed by atoms with Gasteiger partial charge in [-0.3, -0.25) is 0 Å². The smallest absolute Gasteiger partial charge is 0.119 e. The minimum Gasteiger partial charge on any atom is -0.489 e. The summed E-state index contributed by atoms with van der Waals surface area (Å²) >= 11 is 5.92. The van der Waals surface area contributed by atoms with Crippen LogP contribution in [-0.2, 0) is 13.0 Å². The lowest BCUT2D eigenvalue weighted by atomic mass is 10.1. The van der Waals surface area contributed by atoms with Gasteiger partial charge in [0.15, 0.2) is 0 Å². The van der Waals surface area contributed by atoms with Crippen molar-refractivity contribution >= 4 is 17.3 Å². The van der Waals surface area contributed by atoms with E-state index in [1.807, 2.05) is 48.5 Å². The first-order valence-electron chi connectivity index (χ1n) is 6.31. The highest BCUT2D eigenvalue weighted by molar-refractivity contribution is 6.30. The van der Waals surface area contributed by atoms with Crippen LogP contribution in [0.4, 0.5) is 0 Å². The third kappa shape index (κ3) is 4.28. The summed E-state index contributed by atoms with van der Waals surface area (Å²) in [7, 11) is 0. The highest BCUT2D eigenvalue weighted by Crippen LogP contribution is 2.16. The molecule has 0 saturated heterocycles. The second-order valence-corrected chi connectivity index (χ2v) is 5.01. The Labute approximate surface area is 123 Å². The van der Waals surface area contributed by atoms with E-state index >= 15 is 0 Å². The Morgan fingerprint density at radius 1 is 1.15 bits per heavy atom. The fourth-order valence-electron chi connectivity index (χ4n) is 1.83. The summed E-state index contributed by atoms with van der Waals surface area (Å²) in [6.45, 7) is 2.26. The molecule has 0 radical (unpaired) electrons. The number of halogens is 1. The van der Waals surface area contributed by atoms with Crippen molar-refractivity contribution in [3.63, 3.8) is 0 Å². The van der Waals surface area contributed by atoms with Crippen molar-refractivity contribution in [2.75, 3.05) is 0 Å². The average molecular weight is 290 g/mol. The van der Waals surface area contributed by atoms with Gasteiger partial charge >= 0.3 is 0 Å². The van der Waals surface area contributed by atoms with Crippen LogP contribution in [-0.4, -0.2) is 10.9 Å². The molecule has 0 aliphatic carbocycles. The first-order chi connectivity index (χ1) is 9.67. The molecular weight excluding hydrogens is 274 g/mol. The second-order valence-electron chi connectivity index (χ2n) is 4.57. The van der Waals surface area contributed by atoms with E-state index in [0.717, 1.165) is 16.9 Å². The van der Waals surface area contributed by atoms with E-state index in [1.165, 1.54) is 0 Å². The summed E-state index contributed by atoms with van der Waals surface area (Å²) in [6, 6.07) is 15.3. The van der Waals surface area contributed by atoms with E-state index in [9.17, 15) is 0 Å². The van der Waals surface area contributed by atoms with Gasteiger partial charge < -0.3 is 9.94 Å². The largest absolute Gasteiger partial charge is 0.489 e. The molecule has 2 rings (SSSR count). The predicted octanol–water partition coefficient (Wildman–Crippen LogP) is 4.31. The van der Waals surface area contributed by atoms with Crippen LogP contribution in [0.1, 0.15) is 18.1 Å². The van der Waals surface area contributed by atoms with Crippen LogP contribution in [0.3, 0.4) is 0 Å². The van der Waals surface area contributed by atoms with Crippen LogP contribution >= 0.6 is 11.6 Å². The number of rotatable bonds is 5. The van der Waals surface area contributed by atoms with Gasteiger partial charge in [0.25, 0.3) is 0 Å². The predicted molar refractivity (Wildman–Crippen MR) is 80.8 cm³/mol. The Kier molecular flexibility index (Phi) is 5.02. The Morgan fingerprint density at radius 3 is 2.55 bits per heavy atom. The van der Waals surface area contributed by atoms with Crippen molar-refractivity contribution in [1.29, 1.82) is 0 Å². The van der Waals surface area contributed by atoms with Gasteiger partial charge in [-0.25, -0.2) is 0 Å². The minimum atomic E-state index is 0.483. The number of oxime groups is 1. The third-order valence-corrected chi connectivity index (χ3v) is 3.08. The molecule has 2 aromatic rings. The number of hydrogen-bond donors (Lipinski definition) is 1. The summed E-state index contributed by atoms with van der Waals surface area (Å²) in [6.07, 6.45) is 0.630. The van der Waals surface area contributed by atoms with Gasteiger partial charge in [0.1, 0.15) is 12.4 Å². The lowest BCUT2D eigenvalue weighted by Crippen LogP contribution is -1.98. The molecule has 0 aromatic heterocycles. The van der Waals surface area contributed by atoms with Gasteiger partial charge in [-0.2, -0.15) is 0 Å². The van der Waals surface area contributed by atoms with Gasteiger partial charge in [0.05, 0.1) is 5.71 Å². The minimum absolute atomic E-state index is 0.483. The van der Waals surface area contributed by atoms with E-state index in [-0.39, 0.29) is 0 Å². The van der Waals surface area contributed by atoms with Crippen molar-refractivity contribution in [3.05, 3.63) is 64.7 Å². The SMILES string of the molecule is C/C(Cc1ccc(OCc2cccc(Cl)c2)cc1)=N/O. The number of hydrogen-bond acceptors (Lipinski definition) is 3. The monoisotopic (exact) mass is 289 g/mol. The molecule has 0 atom stereocenters. The van der Waals surface area contributed by atoms with Crippen LogP contribution < -0.4 is 4.74 Å². The Hall–Kier alpha value is -2.00. The molecule has 104 valence electrons. The fraction of sp³-hybridized carbons (Fsp3) is 0.188. The molecule has 0 amide bonds. The van der Waals surface area contributed by atoms with Crippen LogP contribution in [0.5, 0.6) is 5.75 Å². The van der Waals surface area contributed by atoms with Gasteiger partial charge in [0, 0.05) is 11.4 Å². The maximum Gasteiger partial charge on any atom is 0.119 e. The molecule has 0 bridgehead atoms. The highest BCUT2D eigenvalue weighted by Gasteiger charge is 2.00. The molecule has 0 aliphatic rings. The number of nitrogens with zero attached hydrogens (tertiary/aromatic N) is 1. The summed E-state index contributed by atoms with van der Waals surface area (Å²) in [5.41, 5.74) is 2.79. The van der Waals surface area contributed by atoms with Crippen molar-refractivity contribution < 1.29 is 9.94 Å². The van der Waals surface area contributed by atoms with Crippen molar-refractivity contribution in [1.82, 2.24) is 0 Å². The van der Waals surface area contributed by atoms with Crippen LogP contribution in [0.15, 0.2) is 53.7 Å². The standard InChI is InChI=1S/C16H16ClNO2/c1-12(18-19)9-13-5-7-16(8-6-13)20-11-14-3-2-4-15(17)10-14/h2-8,10,19H,9,11H2,1H3/b18-12-. The molecule has 1 N–H and O–H groups in total. The van der Waals surface area contributed by atoms with E-state index in [4.69, 9.17) is 21.5 Å². The summed E-state index contributed by atoms with van der Waals surface area (Å²) in [4.78, 5) is 0. The first-order valence-corrected chi connectivity index (χ1v) is 6.69. The molecule has 20 heavy (non-hydrogen) atoms. The van der Waals surface area contributed by atoms with Crippen molar-refractivity contribution in [2.45, 2.75) is 20.0 Å². The maximum atomic E-state index is 8.64. The Balaban J connectivity index is 1.94. The normalized spacial score (nSPS) is 11.4. The third-order valence-electron chi connectivity index (χ3n) is 2.85.